The van der Waals surface area contributed by atoms with E-state index in [0.717, 1.165) is 0 Å². The molecule has 1 rings (SSSR count). The maximum atomic E-state index is 10.6. The molecule has 0 atom stereocenters. The van der Waals surface area contributed by atoms with Gasteiger partial charge in [-0.1, -0.05) is 0 Å². The summed E-state index contributed by atoms with van der Waals surface area (Å²) in [5, 5.41) is 2.21. The minimum atomic E-state index is -0.335. The first kappa shape index (κ1) is 8.07. The largest absolute Gasteiger partial charge is 0.383 e. The molecule has 62 valence electrons. The second-order valence-corrected chi connectivity index (χ2v) is 3.34. The highest BCUT2D eigenvalue weighted by atomic mass is 16.5. The van der Waals surface area contributed by atoms with Crippen molar-refractivity contribution in [2.24, 2.45) is 5.73 Å². The Morgan fingerprint density at radius 1 is 1.73 bits per heavy atom. The van der Waals surface area contributed by atoms with E-state index in [4.69, 9.17) is 10.3 Å². The number of H-pyrrole nitrogens is 1. The molecule has 0 unspecified atom stereocenters. The summed E-state index contributed by atoms with van der Waals surface area (Å²) in [6, 6.07) is 1.41. The van der Waals surface area contributed by atoms with Crippen molar-refractivity contribution in [3.63, 3.8) is 0 Å². The van der Waals surface area contributed by atoms with E-state index in [1.165, 1.54) is 6.07 Å². The summed E-state index contributed by atoms with van der Waals surface area (Å²) < 4.78 is 4.82. The minimum Gasteiger partial charge on any atom is -0.383 e. The standard InChI is InChI=1S/C7H12N2O2/c1-7(2,8)4-5-3-6(10)9-11-5/h3H,4,8H2,1-2H3,(H,9,10). The number of hydrogen-bond acceptors (Lipinski definition) is 3. The first-order chi connectivity index (χ1) is 4.97. The Morgan fingerprint density at radius 3 is 2.73 bits per heavy atom. The van der Waals surface area contributed by atoms with Gasteiger partial charge in [0.15, 0.2) is 0 Å². The van der Waals surface area contributed by atoms with E-state index in [1.54, 1.807) is 0 Å². The molecule has 3 N–H and O–H groups in total. The van der Waals surface area contributed by atoms with Gasteiger partial charge >= 0.3 is 0 Å². The lowest BCUT2D eigenvalue weighted by atomic mass is 10.0. The van der Waals surface area contributed by atoms with Crippen LogP contribution in [0.1, 0.15) is 19.6 Å². The lowest BCUT2D eigenvalue weighted by Crippen LogP contribution is -2.34. The molecule has 0 aromatic carbocycles. The van der Waals surface area contributed by atoms with Gasteiger partial charge in [0.25, 0.3) is 5.56 Å². The van der Waals surface area contributed by atoms with Gasteiger partial charge in [0.2, 0.25) is 0 Å². The maximum Gasteiger partial charge on any atom is 0.280 e. The second-order valence-electron chi connectivity index (χ2n) is 3.34. The Balaban J connectivity index is 2.73. The van der Waals surface area contributed by atoms with Crippen LogP contribution in [0.4, 0.5) is 0 Å². The molecule has 11 heavy (non-hydrogen) atoms. The average Bonchev–Trinajstić information content (AvgIpc) is 2.10. The van der Waals surface area contributed by atoms with Gasteiger partial charge in [-0.25, -0.2) is 0 Å². The summed E-state index contributed by atoms with van der Waals surface area (Å²) in [4.78, 5) is 10.6. The van der Waals surface area contributed by atoms with Crippen LogP contribution in [-0.2, 0) is 6.42 Å². The van der Waals surface area contributed by atoms with Gasteiger partial charge in [-0.2, -0.15) is 5.16 Å². The highest BCUT2D eigenvalue weighted by Crippen LogP contribution is 2.06. The van der Waals surface area contributed by atoms with Crippen molar-refractivity contribution in [1.82, 2.24) is 5.16 Å². The molecule has 1 heterocycles. The fourth-order valence-electron chi connectivity index (χ4n) is 0.857. The minimum absolute atomic E-state index is 0.218. The fraction of sp³-hybridized carbons (Fsp3) is 0.571. The van der Waals surface area contributed by atoms with Crippen LogP contribution < -0.4 is 11.3 Å². The molecule has 0 aliphatic carbocycles. The number of nitrogens with two attached hydrogens (primary N) is 1. The van der Waals surface area contributed by atoms with Gasteiger partial charge in [0.05, 0.1) is 0 Å². The predicted molar refractivity (Wildman–Crippen MR) is 41.3 cm³/mol. The zero-order valence-corrected chi connectivity index (χ0v) is 6.68. The van der Waals surface area contributed by atoms with Crippen LogP contribution in [0, 0.1) is 0 Å². The van der Waals surface area contributed by atoms with Gasteiger partial charge in [0, 0.05) is 18.0 Å². The monoisotopic (exact) mass is 156 g/mol. The Hall–Kier alpha value is -1.03. The number of aromatic amines is 1. The fourth-order valence-corrected chi connectivity index (χ4v) is 0.857. The predicted octanol–water partition coefficient (Wildman–Crippen LogP) is 0.248. The molecule has 0 aliphatic heterocycles. The zero-order valence-electron chi connectivity index (χ0n) is 6.68. The van der Waals surface area contributed by atoms with Crippen LogP contribution in [0.25, 0.3) is 0 Å². The Bertz CT molecular complexity index is 279. The third-order valence-electron chi connectivity index (χ3n) is 1.20. The van der Waals surface area contributed by atoms with E-state index in [2.05, 4.69) is 5.16 Å². The second kappa shape index (κ2) is 2.54. The topological polar surface area (TPSA) is 72.0 Å². The summed E-state index contributed by atoms with van der Waals surface area (Å²) in [5.74, 6) is 0.600. The van der Waals surface area contributed by atoms with Crippen LogP contribution in [0.2, 0.25) is 0 Å². The van der Waals surface area contributed by atoms with Gasteiger partial charge < -0.3 is 10.3 Å². The van der Waals surface area contributed by atoms with Crippen LogP contribution in [0.3, 0.4) is 0 Å². The third kappa shape index (κ3) is 2.59. The van der Waals surface area contributed by atoms with Crippen molar-refractivity contribution in [2.45, 2.75) is 25.8 Å². The van der Waals surface area contributed by atoms with Crippen molar-refractivity contribution < 1.29 is 4.52 Å². The maximum absolute atomic E-state index is 10.6. The molecule has 1 aromatic rings. The SMILES string of the molecule is CC(C)(N)Cc1cc(=O)[nH]o1. The molecule has 0 saturated carbocycles. The van der Waals surface area contributed by atoms with E-state index in [0.29, 0.717) is 12.2 Å². The Kier molecular flexibility index (Phi) is 1.87. The number of rotatable bonds is 2. The molecule has 0 spiro atoms. The van der Waals surface area contributed by atoms with Gasteiger partial charge in [-0.05, 0) is 13.8 Å². The van der Waals surface area contributed by atoms with Crippen LogP contribution in [0.15, 0.2) is 15.4 Å². The van der Waals surface area contributed by atoms with Crippen molar-refractivity contribution in [3.05, 3.63) is 22.2 Å². The summed E-state index contributed by atoms with van der Waals surface area (Å²) in [6.07, 6.45) is 0.561. The van der Waals surface area contributed by atoms with Crippen LogP contribution in [-0.4, -0.2) is 10.7 Å². The lowest BCUT2D eigenvalue weighted by molar-refractivity contribution is 0.351. The molecule has 0 aliphatic rings. The van der Waals surface area contributed by atoms with E-state index in [1.807, 2.05) is 13.8 Å². The highest BCUT2D eigenvalue weighted by Gasteiger charge is 2.14. The molecule has 4 heteroatoms. The van der Waals surface area contributed by atoms with Gasteiger partial charge in [-0.3, -0.25) is 4.79 Å². The van der Waals surface area contributed by atoms with Crippen molar-refractivity contribution in [1.29, 1.82) is 0 Å². The summed E-state index contributed by atoms with van der Waals surface area (Å²) in [6.45, 7) is 3.75. The molecule has 0 bridgehead atoms. The number of hydrogen-bond donors (Lipinski definition) is 2. The normalized spacial score (nSPS) is 11.9. The van der Waals surface area contributed by atoms with Crippen molar-refractivity contribution in [3.8, 4) is 0 Å². The van der Waals surface area contributed by atoms with E-state index in [9.17, 15) is 4.79 Å². The van der Waals surface area contributed by atoms with Crippen molar-refractivity contribution >= 4 is 0 Å². The molecule has 0 radical (unpaired) electrons. The first-order valence-corrected chi connectivity index (χ1v) is 3.44. The Morgan fingerprint density at radius 2 is 2.36 bits per heavy atom. The number of aromatic nitrogens is 1. The quantitative estimate of drug-likeness (QED) is 0.644. The molecular weight excluding hydrogens is 144 g/mol. The van der Waals surface area contributed by atoms with Crippen LogP contribution in [0.5, 0.6) is 0 Å². The summed E-state index contributed by atoms with van der Waals surface area (Å²) >= 11 is 0. The highest BCUT2D eigenvalue weighted by molar-refractivity contribution is 4.98. The first-order valence-electron chi connectivity index (χ1n) is 3.44. The van der Waals surface area contributed by atoms with E-state index >= 15 is 0 Å². The molecular formula is C7H12N2O2. The molecule has 4 nitrogen and oxygen atoms in total. The van der Waals surface area contributed by atoms with E-state index in [-0.39, 0.29) is 11.1 Å². The average molecular weight is 156 g/mol. The van der Waals surface area contributed by atoms with Gasteiger partial charge in [-0.15, -0.1) is 0 Å². The van der Waals surface area contributed by atoms with Crippen LogP contribution >= 0.6 is 0 Å². The third-order valence-corrected chi connectivity index (χ3v) is 1.20. The molecule has 1 aromatic heterocycles. The number of nitrogens with one attached hydrogen (secondary N) is 1. The molecule has 0 saturated heterocycles. The molecule has 0 amide bonds. The zero-order chi connectivity index (χ0) is 8.48. The summed E-state index contributed by atoms with van der Waals surface area (Å²) in [7, 11) is 0. The van der Waals surface area contributed by atoms with E-state index < -0.39 is 0 Å². The smallest absolute Gasteiger partial charge is 0.280 e. The van der Waals surface area contributed by atoms with Gasteiger partial charge in [0.1, 0.15) is 5.76 Å². The summed E-state index contributed by atoms with van der Waals surface area (Å²) in [5.41, 5.74) is 5.15. The van der Waals surface area contributed by atoms with Crippen molar-refractivity contribution in [2.75, 3.05) is 0 Å². The molecule has 0 fully saturated rings. The Labute approximate surface area is 64.4 Å². The lowest BCUT2D eigenvalue weighted by Gasteiger charge is -2.15.